The van der Waals surface area contributed by atoms with Gasteiger partial charge in [0, 0.05) is 17.8 Å². The van der Waals surface area contributed by atoms with E-state index in [1.807, 2.05) is 0 Å². The average Bonchev–Trinajstić information content (AvgIpc) is 2.71. The lowest BCUT2D eigenvalue weighted by Gasteiger charge is -2.13. The summed E-state index contributed by atoms with van der Waals surface area (Å²) in [5.74, 6) is 1.28. The number of rotatable bonds is 13. The second-order valence-electron chi connectivity index (χ2n) is 7.60. The van der Waals surface area contributed by atoms with Crippen molar-refractivity contribution < 1.29 is 4.74 Å². The highest BCUT2D eigenvalue weighted by Gasteiger charge is 2.10. The normalized spacial score (nSPS) is 12.1. The summed E-state index contributed by atoms with van der Waals surface area (Å²) in [5, 5.41) is 0. The summed E-state index contributed by atoms with van der Waals surface area (Å²) >= 11 is 0. The Morgan fingerprint density at radius 3 is 2.19 bits per heavy atom. The molecule has 0 saturated heterocycles. The van der Waals surface area contributed by atoms with Crippen LogP contribution in [-0.2, 0) is 6.42 Å². The van der Waals surface area contributed by atoms with Crippen LogP contribution in [0, 0.1) is 0 Å². The Hall–Kier alpha value is -1.83. The monoisotopic (exact) mass is 367 g/mol. The van der Waals surface area contributed by atoms with Crippen LogP contribution in [0.2, 0.25) is 0 Å². The van der Waals surface area contributed by atoms with Gasteiger partial charge in [0.2, 0.25) is 0 Å². The Balaban J connectivity index is 1.81. The highest BCUT2D eigenvalue weighted by atomic mass is 16.5. The van der Waals surface area contributed by atoms with Crippen LogP contribution in [0.25, 0.3) is 0 Å². The Labute approximate surface area is 166 Å². The molecule has 0 radical (unpaired) electrons. The van der Waals surface area contributed by atoms with E-state index in [2.05, 4.69) is 63.4 Å². The van der Waals surface area contributed by atoms with Crippen LogP contribution in [0.15, 0.2) is 42.6 Å². The van der Waals surface area contributed by atoms with Crippen LogP contribution >= 0.6 is 0 Å². The van der Waals surface area contributed by atoms with Gasteiger partial charge in [0.15, 0.2) is 0 Å². The number of ether oxygens (including phenoxy) is 1. The van der Waals surface area contributed by atoms with Crippen LogP contribution < -0.4 is 4.74 Å². The first-order chi connectivity index (χ1) is 13.2. The zero-order valence-electron chi connectivity index (χ0n) is 17.5. The van der Waals surface area contributed by atoms with Gasteiger partial charge in [-0.05, 0) is 48.6 Å². The van der Waals surface area contributed by atoms with E-state index in [9.17, 15) is 0 Å². The van der Waals surface area contributed by atoms with Crippen LogP contribution in [0.5, 0.6) is 5.75 Å². The molecule has 0 N–H and O–H groups in total. The maximum absolute atomic E-state index is 5.87. The van der Waals surface area contributed by atoms with Crippen LogP contribution in [-0.4, -0.2) is 11.6 Å². The lowest BCUT2D eigenvalue weighted by molar-refractivity contribution is 0.304. The third-order valence-corrected chi connectivity index (χ3v) is 5.26. The highest BCUT2D eigenvalue weighted by Crippen LogP contribution is 2.25. The molecule has 148 valence electrons. The fourth-order valence-electron chi connectivity index (χ4n) is 3.34. The summed E-state index contributed by atoms with van der Waals surface area (Å²) in [6.07, 6.45) is 13.4. The molecule has 2 heteroatoms. The van der Waals surface area contributed by atoms with Crippen molar-refractivity contribution in [2.24, 2.45) is 0 Å². The molecule has 1 heterocycles. The quantitative estimate of drug-likeness (QED) is 0.346. The molecule has 0 spiro atoms. The van der Waals surface area contributed by atoms with Gasteiger partial charge in [-0.1, -0.05) is 77.5 Å². The number of unbranched alkanes of at least 4 members (excludes halogenated alkanes) is 6. The van der Waals surface area contributed by atoms with Crippen molar-refractivity contribution in [3.05, 3.63) is 59.4 Å². The standard InChI is InChI=1S/C25H37NO/c1-4-6-8-9-11-19-27-24-16-14-23(15-17-24)21(3)25-18-13-22(20-26-25)12-10-7-5-2/h13-18,20-21H,4-12,19H2,1-3H3. The molecule has 0 aliphatic rings. The zero-order valence-corrected chi connectivity index (χ0v) is 17.5. The number of aromatic nitrogens is 1. The number of benzene rings is 1. The Morgan fingerprint density at radius 2 is 1.52 bits per heavy atom. The van der Waals surface area contributed by atoms with E-state index in [-0.39, 0.29) is 0 Å². The maximum Gasteiger partial charge on any atom is 0.119 e. The third-order valence-electron chi connectivity index (χ3n) is 5.26. The topological polar surface area (TPSA) is 22.1 Å². The Kier molecular flexibility index (Phi) is 9.97. The van der Waals surface area contributed by atoms with Gasteiger partial charge in [0.1, 0.15) is 5.75 Å². The number of aryl methyl sites for hydroxylation is 1. The summed E-state index contributed by atoms with van der Waals surface area (Å²) in [4.78, 5) is 4.71. The minimum Gasteiger partial charge on any atom is -0.494 e. The lowest BCUT2D eigenvalue weighted by atomic mass is 9.96. The summed E-state index contributed by atoms with van der Waals surface area (Å²) in [5.41, 5.74) is 3.78. The van der Waals surface area contributed by atoms with Gasteiger partial charge in [0.05, 0.1) is 6.61 Å². The summed E-state index contributed by atoms with van der Waals surface area (Å²) in [6.45, 7) is 7.53. The predicted molar refractivity (Wildman–Crippen MR) is 116 cm³/mol. The van der Waals surface area contributed by atoms with Gasteiger partial charge in [-0.3, -0.25) is 4.98 Å². The van der Waals surface area contributed by atoms with Gasteiger partial charge in [-0.15, -0.1) is 0 Å². The molecule has 0 bridgehead atoms. The molecule has 27 heavy (non-hydrogen) atoms. The first-order valence-corrected chi connectivity index (χ1v) is 10.9. The minimum absolute atomic E-state index is 0.304. The van der Waals surface area contributed by atoms with Crippen LogP contribution in [0.1, 0.15) is 94.9 Å². The molecular formula is C25H37NO. The van der Waals surface area contributed by atoms with Crippen LogP contribution in [0.3, 0.4) is 0 Å². The molecule has 1 aromatic carbocycles. The predicted octanol–water partition coefficient (Wildman–Crippen LogP) is 7.32. The van der Waals surface area contributed by atoms with E-state index in [0.717, 1.165) is 30.9 Å². The fourth-order valence-corrected chi connectivity index (χ4v) is 3.34. The molecule has 2 aromatic rings. The van der Waals surface area contributed by atoms with Crippen molar-refractivity contribution in [2.45, 2.75) is 84.5 Å². The van der Waals surface area contributed by atoms with E-state index in [1.165, 1.54) is 56.1 Å². The van der Waals surface area contributed by atoms with E-state index in [4.69, 9.17) is 9.72 Å². The van der Waals surface area contributed by atoms with Crippen molar-refractivity contribution in [3.63, 3.8) is 0 Å². The van der Waals surface area contributed by atoms with Gasteiger partial charge in [-0.2, -0.15) is 0 Å². The molecule has 2 nitrogen and oxygen atoms in total. The highest BCUT2D eigenvalue weighted by molar-refractivity contribution is 5.33. The second kappa shape index (κ2) is 12.5. The number of nitrogens with zero attached hydrogens (tertiary/aromatic N) is 1. The van der Waals surface area contributed by atoms with Gasteiger partial charge >= 0.3 is 0 Å². The van der Waals surface area contributed by atoms with Gasteiger partial charge < -0.3 is 4.74 Å². The van der Waals surface area contributed by atoms with Crippen molar-refractivity contribution in [3.8, 4) is 5.75 Å². The lowest BCUT2D eigenvalue weighted by Crippen LogP contribution is -2.01. The molecule has 1 atom stereocenters. The first-order valence-electron chi connectivity index (χ1n) is 10.9. The van der Waals surface area contributed by atoms with E-state index in [1.54, 1.807) is 0 Å². The fraction of sp³-hybridized carbons (Fsp3) is 0.560. The molecule has 0 aliphatic carbocycles. The minimum atomic E-state index is 0.304. The van der Waals surface area contributed by atoms with E-state index < -0.39 is 0 Å². The van der Waals surface area contributed by atoms with Crippen molar-refractivity contribution >= 4 is 0 Å². The largest absolute Gasteiger partial charge is 0.494 e. The van der Waals surface area contributed by atoms with E-state index >= 15 is 0 Å². The molecule has 0 aliphatic heterocycles. The number of pyridine rings is 1. The molecule has 0 amide bonds. The maximum atomic E-state index is 5.87. The molecule has 2 rings (SSSR count). The Morgan fingerprint density at radius 1 is 0.815 bits per heavy atom. The van der Waals surface area contributed by atoms with Crippen LogP contribution in [0.4, 0.5) is 0 Å². The third kappa shape index (κ3) is 7.74. The van der Waals surface area contributed by atoms with Crippen molar-refractivity contribution in [1.82, 2.24) is 4.98 Å². The smallest absolute Gasteiger partial charge is 0.119 e. The summed E-state index contributed by atoms with van der Waals surface area (Å²) in [7, 11) is 0. The molecular weight excluding hydrogens is 330 g/mol. The Bertz CT molecular complexity index is 618. The SMILES string of the molecule is CCCCCCCOc1ccc(C(C)c2ccc(CCCCC)cn2)cc1. The summed E-state index contributed by atoms with van der Waals surface area (Å²) < 4.78 is 5.87. The van der Waals surface area contributed by atoms with Gasteiger partial charge in [0.25, 0.3) is 0 Å². The second-order valence-corrected chi connectivity index (χ2v) is 7.60. The molecule has 1 aromatic heterocycles. The van der Waals surface area contributed by atoms with Crippen molar-refractivity contribution in [1.29, 1.82) is 0 Å². The summed E-state index contributed by atoms with van der Waals surface area (Å²) in [6, 6.07) is 13.0. The molecule has 1 unspecified atom stereocenters. The zero-order chi connectivity index (χ0) is 19.3. The number of hydrogen-bond acceptors (Lipinski definition) is 2. The molecule has 0 fully saturated rings. The average molecular weight is 368 g/mol. The van der Waals surface area contributed by atoms with Crippen molar-refractivity contribution in [2.75, 3.05) is 6.61 Å². The first kappa shape index (κ1) is 21.5. The van der Waals surface area contributed by atoms with Gasteiger partial charge in [-0.25, -0.2) is 0 Å². The molecule has 0 saturated carbocycles. The van der Waals surface area contributed by atoms with E-state index in [0.29, 0.717) is 5.92 Å². The number of hydrogen-bond donors (Lipinski definition) is 0.